The highest BCUT2D eigenvalue weighted by atomic mass is 16.4. The second-order valence-electron chi connectivity index (χ2n) is 2.67. The fraction of sp³-hybridized carbons (Fsp3) is 0.444. The van der Waals surface area contributed by atoms with E-state index in [9.17, 15) is 4.79 Å². The van der Waals surface area contributed by atoms with Gasteiger partial charge in [-0.3, -0.25) is 0 Å². The lowest BCUT2D eigenvalue weighted by molar-refractivity contribution is -0.132. The predicted molar refractivity (Wildman–Crippen MR) is 46.8 cm³/mol. The molecule has 0 bridgehead atoms. The molecule has 0 aliphatic carbocycles. The SMILES string of the molecule is CC(=CC=CCC(C)O)C(=O)O. The maximum Gasteiger partial charge on any atom is 0.331 e. The van der Waals surface area contributed by atoms with Gasteiger partial charge in [-0.05, 0) is 20.3 Å². The van der Waals surface area contributed by atoms with Crippen LogP contribution in [0.15, 0.2) is 23.8 Å². The van der Waals surface area contributed by atoms with Crippen molar-refractivity contribution in [1.82, 2.24) is 0 Å². The van der Waals surface area contributed by atoms with E-state index in [1.54, 1.807) is 19.1 Å². The number of aliphatic hydroxyl groups is 1. The summed E-state index contributed by atoms with van der Waals surface area (Å²) in [6.07, 6.45) is 5.04. The molecule has 2 N–H and O–H groups in total. The number of carbonyl (C=O) groups is 1. The van der Waals surface area contributed by atoms with E-state index in [1.807, 2.05) is 0 Å². The van der Waals surface area contributed by atoms with Gasteiger partial charge in [0.1, 0.15) is 0 Å². The molecule has 0 aliphatic rings. The Balaban J connectivity index is 3.87. The van der Waals surface area contributed by atoms with Crippen LogP contribution < -0.4 is 0 Å². The Hall–Kier alpha value is -1.09. The average molecular weight is 170 g/mol. The molecule has 0 rings (SSSR count). The van der Waals surface area contributed by atoms with Gasteiger partial charge in [-0.25, -0.2) is 4.79 Å². The summed E-state index contributed by atoms with van der Waals surface area (Å²) in [5, 5.41) is 17.3. The Labute approximate surface area is 72.0 Å². The molecular formula is C9H14O3. The molecule has 1 atom stereocenters. The zero-order valence-corrected chi connectivity index (χ0v) is 7.32. The molecule has 68 valence electrons. The van der Waals surface area contributed by atoms with Gasteiger partial charge in [-0.1, -0.05) is 18.2 Å². The Morgan fingerprint density at radius 1 is 1.58 bits per heavy atom. The first-order valence-corrected chi connectivity index (χ1v) is 3.79. The Morgan fingerprint density at radius 3 is 2.58 bits per heavy atom. The Bertz CT molecular complexity index is 202. The lowest BCUT2D eigenvalue weighted by atomic mass is 10.2. The molecule has 0 fully saturated rings. The van der Waals surface area contributed by atoms with Gasteiger partial charge in [-0.15, -0.1) is 0 Å². The van der Waals surface area contributed by atoms with Crippen LogP contribution in [0.2, 0.25) is 0 Å². The van der Waals surface area contributed by atoms with Crippen LogP contribution in [0.4, 0.5) is 0 Å². The van der Waals surface area contributed by atoms with Crippen molar-refractivity contribution in [2.24, 2.45) is 0 Å². The highest BCUT2D eigenvalue weighted by Crippen LogP contribution is 1.95. The molecular weight excluding hydrogens is 156 g/mol. The minimum Gasteiger partial charge on any atom is -0.478 e. The number of hydrogen-bond acceptors (Lipinski definition) is 2. The van der Waals surface area contributed by atoms with Crippen LogP contribution in [0.3, 0.4) is 0 Å². The van der Waals surface area contributed by atoms with Gasteiger partial charge < -0.3 is 10.2 Å². The fourth-order valence-corrected chi connectivity index (χ4v) is 0.559. The summed E-state index contributed by atoms with van der Waals surface area (Å²) in [6, 6.07) is 0. The molecule has 0 aliphatic heterocycles. The monoisotopic (exact) mass is 170 g/mol. The predicted octanol–water partition coefficient (Wildman–Crippen LogP) is 1.34. The summed E-state index contributed by atoms with van der Waals surface area (Å²) in [6.45, 7) is 3.20. The number of rotatable bonds is 4. The van der Waals surface area contributed by atoms with E-state index in [4.69, 9.17) is 10.2 Å². The number of carboxylic acid groups (broad SMARTS) is 1. The van der Waals surface area contributed by atoms with Crippen LogP contribution in [-0.2, 0) is 4.79 Å². The van der Waals surface area contributed by atoms with Crippen molar-refractivity contribution < 1.29 is 15.0 Å². The summed E-state index contributed by atoms with van der Waals surface area (Å²) in [5.41, 5.74) is 0.289. The molecule has 0 saturated carbocycles. The molecule has 3 nitrogen and oxygen atoms in total. The van der Waals surface area contributed by atoms with E-state index < -0.39 is 5.97 Å². The van der Waals surface area contributed by atoms with Crippen molar-refractivity contribution in [3.63, 3.8) is 0 Å². The summed E-state index contributed by atoms with van der Waals surface area (Å²) in [4.78, 5) is 10.3. The van der Waals surface area contributed by atoms with E-state index in [0.717, 1.165) is 0 Å². The van der Waals surface area contributed by atoms with Gasteiger partial charge in [0.2, 0.25) is 0 Å². The molecule has 3 heteroatoms. The lowest BCUT2D eigenvalue weighted by Gasteiger charge is -1.94. The first-order chi connectivity index (χ1) is 5.54. The van der Waals surface area contributed by atoms with E-state index in [-0.39, 0.29) is 11.7 Å². The van der Waals surface area contributed by atoms with Crippen LogP contribution in [0.1, 0.15) is 20.3 Å². The molecule has 0 amide bonds. The van der Waals surface area contributed by atoms with Crippen LogP contribution in [-0.4, -0.2) is 22.3 Å². The standard InChI is InChI=1S/C9H14O3/c1-7(9(11)12)5-3-4-6-8(2)10/h3-5,8,10H,6H2,1-2H3,(H,11,12). The lowest BCUT2D eigenvalue weighted by Crippen LogP contribution is -1.96. The van der Waals surface area contributed by atoms with Crippen molar-refractivity contribution in [2.75, 3.05) is 0 Å². The summed E-state index contributed by atoms with van der Waals surface area (Å²) in [5.74, 6) is -0.920. The summed E-state index contributed by atoms with van der Waals surface area (Å²) in [7, 11) is 0. The molecule has 0 heterocycles. The third-order valence-electron chi connectivity index (χ3n) is 1.30. The van der Waals surface area contributed by atoms with Gasteiger partial charge in [0.05, 0.1) is 6.10 Å². The highest BCUT2D eigenvalue weighted by Gasteiger charge is 1.95. The van der Waals surface area contributed by atoms with E-state index in [1.165, 1.54) is 13.0 Å². The molecule has 0 aromatic heterocycles. The van der Waals surface area contributed by atoms with Crippen LogP contribution in [0.25, 0.3) is 0 Å². The third kappa shape index (κ3) is 5.68. The number of aliphatic hydroxyl groups excluding tert-OH is 1. The van der Waals surface area contributed by atoms with Crippen LogP contribution in [0.5, 0.6) is 0 Å². The normalized spacial score (nSPS) is 15.1. The summed E-state index contributed by atoms with van der Waals surface area (Å²) < 4.78 is 0. The molecule has 0 aromatic rings. The fourth-order valence-electron chi connectivity index (χ4n) is 0.559. The maximum absolute atomic E-state index is 10.3. The van der Waals surface area contributed by atoms with Crippen molar-refractivity contribution in [2.45, 2.75) is 26.4 Å². The zero-order valence-electron chi connectivity index (χ0n) is 7.32. The van der Waals surface area contributed by atoms with Gasteiger partial charge in [0, 0.05) is 5.57 Å². The average Bonchev–Trinajstić information content (AvgIpc) is 1.97. The molecule has 0 saturated heterocycles. The zero-order chi connectivity index (χ0) is 9.56. The van der Waals surface area contributed by atoms with Gasteiger partial charge in [-0.2, -0.15) is 0 Å². The third-order valence-corrected chi connectivity index (χ3v) is 1.30. The second kappa shape index (κ2) is 5.55. The number of allylic oxidation sites excluding steroid dienone is 2. The topological polar surface area (TPSA) is 57.5 Å². The molecule has 12 heavy (non-hydrogen) atoms. The summed E-state index contributed by atoms with van der Waals surface area (Å²) >= 11 is 0. The largest absolute Gasteiger partial charge is 0.478 e. The molecule has 1 unspecified atom stereocenters. The van der Waals surface area contributed by atoms with Crippen LogP contribution in [0, 0.1) is 0 Å². The highest BCUT2D eigenvalue weighted by molar-refractivity contribution is 5.86. The molecule has 0 radical (unpaired) electrons. The van der Waals surface area contributed by atoms with Crippen molar-refractivity contribution in [1.29, 1.82) is 0 Å². The molecule has 0 spiro atoms. The van der Waals surface area contributed by atoms with E-state index in [2.05, 4.69) is 0 Å². The number of carboxylic acids is 1. The Kier molecular flexibility index (Phi) is 5.04. The van der Waals surface area contributed by atoms with Crippen LogP contribution >= 0.6 is 0 Å². The Morgan fingerprint density at radius 2 is 2.17 bits per heavy atom. The second-order valence-corrected chi connectivity index (χ2v) is 2.67. The first kappa shape index (κ1) is 10.9. The van der Waals surface area contributed by atoms with Gasteiger partial charge in [0.15, 0.2) is 0 Å². The smallest absolute Gasteiger partial charge is 0.331 e. The first-order valence-electron chi connectivity index (χ1n) is 3.79. The van der Waals surface area contributed by atoms with Crippen molar-refractivity contribution in [3.05, 3.63) is 23.8 Å². The van der Waals surface area contributed by atoms with Crippen molar-refractivity contribution in [3.8, 4) is 0 Å². The molecule has 0 aromatic carbocycles. The number of hydrogen-bond donors (Lipinski definition) is 2. The van der Waals surface area contributed by atoms with Crippen molar-refractivity contribution >= 4 is 5.97 Å². The van der Waals surface area contributed by atoms with Gasteiger partial charge >= 0.3 is 5.97 Å². The van der Waals surface area contributed by atoms with E-state index >= 15 is 0 Å². The maximum atomic E-state index is 10.3. The minimum absolute atomic E-state index is 0.289. The number of aliphatic carboxylic acids is 1. The van der Waals surface area contributed by atoms with E-state index in [0.29, 0.717) is 6.42 Å². The quantitative estimate of drug-likeness (QED) is 0.494. The minimum atomic E-state index is -0.920. The van der Waals surface area contributed by atoms with Gasteiger partial charge in [0.25, 0.3) is 0 Å².